The van der Waals surface area contributed by atoms with E-state index in [2.05, 4.69) is 15.9 Å². The lowest BCUT2D eigenvalue weighted by molar-refractivity contribution is -0.145. The molecule has 1 rings (SSSR count). The molecule has 0 atom stereocenters. The summed E-state index contributed by atoms with van der Waals surface area (Å²) in [6.45, 7) is 4.37. The summed E-state index contributed by atoms with van der Waals surface area (Å²) in [6.07, 6.45) is 0.876. The Kier molecular flexibility index (Phi) is 7.30. The standard InChI is InChI=1S/C15H19BrO4/c1-11(2)10-19-14(17)4-3-5-15(18)20-13-8-6-12(16)7-9-13/h6-9,11H,3-5,10H2,1-2H3. The Morgan fingerprint density at radius 2 is 1.70 bits per heavy atom. The van der Waals surface area contributed by atoms with Gasteiger partial charge in [0.25, 0.3) is 0 Å². The van der Waals surface area contributed by atoms with Crippen molar-refractivity contribution in [2.24, 2.45) is 5.92 Å². The predicted molar refractivity (Wildman–Crippen MR) is 79.4 cm³/mol. The minimum Gasteiger partial charge on any atom is -0.465 e. The first-order chi connectivity index (χ1) is 9.47. The molecule has 1 aromatic carbocycles. The number of ether oxygens (including phenoxy) is 2. The Hall–Kier alpha value is -1.36. The molecular formula is C15H19BrO4. The second-order valence-electron chi connectivity index (χ2n) is 4.86. The molecule has 5 heteroatoms. The van der Waals surface area contributed by atoms with Crippen LogP contribution in [0.15, 0.2) is 28.7 Å². The second kappa shape index (κ2) is 8.74. The van der Waals surface area contributed by atoms with Gasteiger partial charge in [0, 0.05) is 17.3 Å². The van der Waals surface area contributed by atoms with Gasteiger partial charge in [-0.1, -0.05) is 29.8 Å². The molecule has 0 aliphatic carbocycles. The molecule has 0 amide bonds. The van der Waals surface area contributed by atoms with Gasteiger partial charge in [-0.2, -0.15) is 0 Å². The molecule has 0 bridgehead atoms. The van der Waals surface area contributed by atoms with E-state index in [4.69, 9.17) is 9.47 Å². The van der Waals surface area contributed by atoms with Crippen LogP contribution in [0.5, 0.6) is 5.75 Å². The molecule has 0 radical (unpaired) electrons. The number of hydrogen-bond donors (Lipinski definition) is 0. The molecule has 0 heterocycles. The summed E-state index contributed by atoms with van der Waals surface area (Å²) >= 11 is 3.30. The summed E-state index contributed by atoms with van der Waals surface area (Å²) < 4.78 is 11.1. The molecular weight excluding hydrogens is 324 g/mol. The molecule has 0 aliphatic rings. The van der Waals surface area contributed by atoms with E-state index in [1.807, 2.05) is 13.8 Å². The van der Waals surface area contributed by atoms with Gasteiger partial charge in [-0.25, -0.2) is 0 Å². The van der Waals surface area contributed by atoms with E-state index >= 15 is 0 Å². The third kappa shape index (κ3) is 7.28. The van der Waals surface area contributed by atoms with Crippen molar-refractivity contribution in [1.29, 1.82) is 0 Å². The van der Waals surface area contributed by atoms with Crippen LogP contribution >= 0.6 is 15.9 Å². The highest BCUT2D eigenvalue weighted by molar-refractivity contribution is 9.10. The van der Waals surface area contributed by atoms with Gasteiger partial charge in [0.1, 0.15) is 5.75 Å². The SMILES string of the molecule is CC(C)COC(=O)CCCC(=O)Oc1ccc(Br)cc1. The maximum atomic E-state index is 11.6. The fraction of sp³-hybridized carbons (Fsp3) is 0.467. The first-order valence-electron chi connectivity index (χ1n) is 6.59. The van der Waals surface area contributed by atoms with Crippen LogP contribution in [0.1, 0.15) is 33.1 Å². The highest BCUT2D eigenvalue weighted by Crippen LogP contribution is 2.16. The highest BCUT2D eigenvalue weighted by Gasteiger charge is 2.08. The molecule has 4 nitrogen and oxygen atoms in total. The van der Waals surface area contributed by atoms with Crippen LogP contribution in [0.3, 0.4) is 0 Å². The lowest BCUT2D eigenvalue weighted by Crippen LogP contribution is -2.12. The third-order valence-corrected chi connectivity index (χ3v) is 2.91. The average molecular weight is 343 g/mol. The minimum absolute atomic E-state index is 0.201. The Bertz CT molecular complexity index is 440. The Morgan fingerprint density at radius 1 is 1.10 bits per heavy atom. The largest absolute Gasteiger partial charge is 0.465 e. The molecule has 110 valence electrons. The second-order valence-corrected chi connectivity index (χ2v) is 5.77. The van der Waals surface area contributed by atoms with Gasteiger partial charge in [0.05, 0.1) is 6.61 Å². The van der Waals surface area contributed by atoms with Gasteiger partial charge in [0.2, 0.25) is 0 Å². The van der Waals surface area contributed by atoms with Crippen LogP contribution in [-0.4, -0.2) is 18.5 Å². The van der Waals surface area contributed by atoms with E-state index < -0.39 is 0 Å². The summed E-state index contributed by atoms with van der Waals surface area (Å²) in [5, 5.41) is 0. The zero-order chi connectivity index (χ0) is 15.0. The fourth-order valence-corrected chi connectivity index (χ4v) is 1.66. The zero-order valence-electron chi connectivity index (χ0n) is 11.7. The summed E-state index contributed by atoms with van der Waals surface area (Å²) in [5.74, 6) is 0.209. The summed E-state index contributed by atoms with van der Waals surface area (Å²) in [5.41, 5.74) is 0. The van der Waals surface area contributed by atoms with Crippen LogP contribution in [-0.2, 0) is 14.3 Å². The molecule has 0 spiro atoms. The van der Waals surface area contributed by atoms with Gasteiger partial charge in [-0.05, 0) is 36.6 Å². The van der Waals surface area contributed by atoms with Crippen LogP contribution < -0.4 is 4.74 Å². The van der Waals surface area contributed by atoms with E-state index in [1.165, 1.54) is 0 Å². The van der Waals surface area contributed by atoms with E-state index in [9.17, 15) is 9.59 Å². The van der Waals surface area contributed by atoms with Gasteiger partial charge >= 0.3 is 11.9 Å². The predicted octanol–water partition coefficient (Wildman–Crippen LogP) is 3.72. The van der Waals surface area contributed by atoms with Crippen molar-refractivity contribution in [1.82, 2.24) is 0 Å². The molecule has 0 aromatic heterocycles. The van der Waals surface area contributed by atoms with Crippen molar-refractivity contribution in [2.45, 2.75) is 33.1 Å². The number of carbonyl (C=O) groups excluding carboxylic acids is 2. The van der Waals surface area contributed by atoms with Gasteiger partial charge in [-0.15, -0.1) is 0 Å². The number of halogens is 1. The summed E-state index contributed by atoms with van der Waals surface area (Å²) in [6, 6.07) is 7.01. The Labute approximate surface area is 127 Å². The Balaban J connectivity index is 2.20. The molecule has 0 unspecified atom stereocenters. The molecule has 20 heavy (non-hydrogen) atoms. The van der Waals surface area contributed by atoms with Gasteiger partial charge in [0.15, 0.2) is 0 Å². The molecule has 0 aliphatic heterocycles. The molecule has 0 fully saturated rings. The van der Waals surface area contributed by atoms with Crippen molar-refractivity contribution >= 4 is 27.9 Å². The topological polar surface area (TPSA) is 52.6 Å². The van der Waals surface area contributed by atoms with E-state index in [1.54, 1.807) is 24.3 Å². The first-order valence-corrected chi connectivity index (χ1v) is 7.38. The molecule has 0 saturated heterocycles. The van der Waals surface area contributed by atoms with Crippen LogP contribution in [0.4, 0.5) is 0 Å². The quantitative estimate of drug-likeness (QED) is 0.559. The maximum absolute atomic E-state index is 11.6. The summed E-state index contributed by atoms with van der Waals surface area (Å²) in [4.78, 5) is 22.9. The number of benzene rings is 1. The normalized spacial score (nSPS) is 10.4. The van der Waals surface area contributed by atoms with Gasteiger partial charge in [-0.3, -0.25) is 9.59 Å². The smallest absolute Gasteiger partial charge is 0.311 e. The number of carbonyl (C=O) groups is 2. The zero-order valence-corrected chi connectivity index (χ0v) is 13.3. The van der Waals surface area contributed by atoms with Crippen LogP contribution in [0, 0.1) is 5.92 Å². The number of esters is 2. The van der Waals surface area contributed by atoms with Crippen LogP contribution in [0.2, 0.25) is 0 Å². The van der Waals surface area contributed by atoms with Gasteiger partial charge < -0.3 is 9.47 Å². The first kappa shape index (κ1) is 16.7. The van der Waals surface area contributed by atoms with Crippen molar-refractivity contribution in [3.8, 4) is 5.75 Å². The highest BCUT2D eigenvalue weighted by atomic mass is 79.9. The molecule has 0 saturated carbocycles. The lowest BCUT2D eigenvalue weighted by Gasteiger charge is -2.07. The van der Waals surface area contributed by atoms with E-state index in [0.29, 0.717) is 24.7 Å². The average Bonchev–Trinajstić information content (AvgIpc) is 2.39. The summed E-state index contributed by atoms with van der Waals surface area (Å²) in [7, 11) is 0. The lowest BCUT2D eigenvalue weighted by atomic mass is 10.2. The maximum Gasteiger partial charge on any atom is 0.311 e. The number of rotatable bonds is 7. The van der Waals surface area contributed by atoms with E-state index in [-0.39, 0.29) is 24.8 Å². The minimum atomic E-state index is -0.344. The molecule has 0 N–H and O–H groups in total. The Morgan fingerprint density at radius 3 is 2.30 bits per heavy atom. The van der Waals surface area contributed by atoms with Crippen LogP contribution in [0.25, 0.3) is 0 Å². The molecule has 1 aromatic rings. The van der Waals surface area contributed by atoms with Crippen molar-refractivity contribution in [3.63, 3.8) is 0 Å². The number of hydrogen-bond acceptors (Lipinski definition) is 4. The van der Waals surface area contributed by atoms with Crippen molar-refractivity contribution in [3.05, 3.63) is 28.7 Å². The third-order valence-electron chi connectivity index (χ3n) is 2.38. The fourth-order valence-electron chi connectivity index (χ4n) is 1.39. The van der Waals surface area contributed by atoms with E-state index in [0.717, 1.165) is 4.47 Å². The monoisotopic (exact) mass is 342 g/mol. The van der Waals surface area contributed by atoms with Crippen molar-refractivity contribution < 1.29 is 19.1 Å². The van der Waals surface area contributed by atoms with Crippen molar-refractivity contribution in [2.75, 3.05) is 6.61 Å².